The minimum atomic E-state index is -1.20. The van der Waals surface area contributed by atoms with Crippen LogP contribution in [-0.2, 0) is 11.3 Å². The molecule has 0 aromatic heterocycles. The van der Waals surface area contributed by atoms with Crippen LogP contribution in [0.2, 0.25) is 0 Å². The van der Waals surface area contributed by atoms with E-state index in [9.17, 15) is 9.90 Å². The molecule has 1 atom stereocenters. The largest absolute Gasteiger partial charge is 0.445 e. The molecule has 4 nitrogen and oxygen atoms in total. The van der Waals surface area contributed by atoms with E-state index >= 15 is 0 Å². The molecule has 1 aliphatic rings. The Balaban J connectivity index is 1.85. The number of terminal acetylenes is 1. The predicted octanol–water partition coefficient (Wildman–Crippen LogP) is 1.39. The number of β-amino-alcohol motifs (C(OH)–C–C–N with tert-alkyl or cyclic N) is 1. The Bertz CT molecular complexity index is 466. The van der Waals surface area contributed by atoms with E-state index in [0.29, 0.717) is 13.0 Å². The Labute approximate surface area is 106 Å². The van der Waals surface area contributed by atoms with Crippen LogP contribution < -0.4 is 0 Å². The Morgan fingerprint density at radius 3 is 2.83 bits per heavy atom. The summed E-state index contributed by atoms with van der Waals surface area (Å²) >= 11 is 0. The minimum Gasteiger partial charge on any atom is -0.445 e. The Morgan fingerprint density at radius 2 is 2.22 bits per heavy atom. The van der Waals surface area contributed by atoms with Gasteiger partial charge in [-0.25, -0.2) is 4.79 Å². The first kappa shape index (κ1) is 12.5. The molecule has 18 heavy (non-hydrogen) atoms. The SMILES string of the molecule is C#CC1(O)CCN(C(=O)OCc2ccccc2)C1. The molecule has 0 radical (unpaired) electrons. The number of hydrogen-bond acceptors (Lipinski definition) is 3. The van der Waals surface area contributed by atoms with Gasteiger partial charge < -0.3 is 14.7 Å². The van der Waals surface area contributed by atoms with Crippen LogP contribution in [0.4, 0.5) is 4.79 Å². The van der Waals surface area contributed by atoms with Gasteiger partial charge in [0.2, 0.25) is 0 Å². The molecule has 1 aliphatic heterocycles. The van der Waals surface area contributed by atoms with Crippen molar-refractivity contribution in [3.8, 4) is 12.3 Å². The predicted molar refractivity (Wildman–Crippen MR) is 66.6 cm³/mol. The van der Waals surface area contributed by atoms with E-state index < -0.39 is 11.7 Å². The summed E-state index contributed by atoms with van der Waals surface area (Å²) in [6, 6.07) is 9.44. The van der Waals surface area contributed by atoms with E-state index in [-0.39, 0.29) is 13.2 Å². The number of likely N-dealkylation sites (tertiary alicyclic amines) is 1. The summed E-state index contributed by atoms with van der Waals surface area (Å²) in [5.74, 6) is 2.31. The van der Waals surface area contributed by atoms with Gasteiger partial charge in [0.05, 0.1) is 6.54 Å². The maximum atomic E-state index is 11.7. The summed E-state index contributed by atoms with van der Waals surface area (Å²) in [7, 11) is 0. The first-order valence-electron chi connectivity index (χ1n) is 5.79. The van der Waals surface area contributed by atoms with E-state index in [2.05, 4.69) is 5.92 Å². The molecule has 1 amide bonds. The van der Waals surface area contributed by atoms with Gasteiger partial charge in [-0.05, 0) is 5.56 Å². The maximum absolute atomic E-state index is 11.7. The highest BCUT2D eigenvalue weighted by Gasteiger charge is 2.37. The third-order valence-corrected chi connectivity index (χ3v) is 2.98. The third-order valence-electron chi connectivity index (χ3n) is 2.98. The van der Waals surface area contributed by atoms with Gasteiger partial charge in [0.1, 0.15) is 12.2 Å². The van der Waals surface area contributed by atoms with Crippen molar-refractivity contribution in [2.75, 3.05) is 13.1 Å². The first-order valence-corrected chi connectivity index (χ1v) is 5.79. The minimum absolute atomic E-state index is 0.136. The van der Waals surface area contributed by atoms with Gasteiger partial charge in [0.25, 0.3) is 0 Å². The maximum Gasteiger partial charge on any atom is 0.410 e. The van der Waals surface area contributed by atoms with Crippen LogP contribution in [0.25, 0.3) is 0 Å². The Kier molecular flexibility index (Phi) is 3.54. The lowest BCUT2D eigenvalue weighted by Gasteiger charge is -2.18. The highest BCUT2D eigenvalue weighted by atomic mass is 16.6. The highest BCUT2D eigenvalue weighted by molar-refractivity contribution is 5.68. The first-order chi connectivity index (χ1) is 8.63. The number of ether oxygens (including phenoxy) is 1. The Morgan fingerprint density at radius 1 is 1.50 bits per heavy atom. The summed E-state index contributed by atoms with van der Waals surface area (Å²) in [5, 5.41) is 9.82. The van der Waals surface area contributed by atoms with Crippen molar-refractivity contribution in [1.29, 1.82) is 0 Å². The van der Waals surface area contributed by atoms with Crippen molar-refractivity contribution in [3.63, 3.8) is 0 Å². The fourth-order valence-corrected chi connectivity index (χ4v) is 1.88. The van der Waals surface area contributed by atoms with Crippen molar-refractivity contribution < 1.29 is 14.6 Å². The van der Waals surface area contributed by atoms with Crippen LogP contribution in [0.15, 0.2) is 30.3 Å². The molecule has 2 rings (SSSR count). The summed E-state index contributed by atoms with van der Waals surface area (Å²) in [4.78, 5) is 13.2. The average Bonchev–Trinajstić information content (AvgIpc) is 2.81. The van der Waals surface area contributed by atoms with E-state index in [0.717, 1.165) is 5.56 Å². The van der Waals surface area contributed by atoms with Gasteiger partial charge in [0, 0.05) is 13.0 Å². The average molecular weight is 245 g/mol. The van der Waals surface area contributed by atoms with Gasteiger partial charge in [-0.15, -0.1) is 6.42 Å². The molecule has 1 N–H and O–H groups in total. The van der Waals surface area contributed by atoms with E-state index in [4.69, 9.17) is 11.2 Å². The van der Waals surface area contributed by atoms with E-state index in [1.807, 2.05) is 30.3 Å². The number of aliphatic hydroxyl groups is 1. The number of carbonyl (C=O) groups excluding carboxylic acids is 1. The normalized spacial score (nSPS) is 22.6. The summed E-state index contributed by atoms with van der Waals surface area (Å²) in [6.45, 7) is 0.788. The van der Waals surface area contributed by atoms with Crippen molar-refractivity contribution in [1.82, 2.24) is 4.90 Å². The van der Waals surface area contributed by atoms with E-state index in [1.54, 1.807) is 0 Å². The van der Waals surface area contributed by atoms with Crippen LogP contribution in [0.1, 0.15) is 12.0 Å². The van der Waals surface area contributed by atoms with Crippen molar-refractivity contribution in [2.45, 2.75) is 18.6 Å². The summed E-state index contributed by atoms with van der Waals surface area (Å²) < 4.78 is 5.16. The second-order valence-corrected chi connectivity index (χ2v) is 4.39. The molecule has 1 saturated heterocycles. The van der Waals surface area contributed by atoms with Gasteiger partial charge in [-0.3, -0.25) is 0 Å². The molecule has 0 saturated carbocycles. The molecule has 1 heterocycles. The molecule has 1 fully saturated rings. The molecule has 4 heteroatoms. The molecule has 1 aromatic carbocycles. The smallest absolute Gasteiger partial charge is 0.410 e. The molecule has 1 aromatic rings. The van der Waals surface area contributed by atoms with E-state index in [1.165, 1.54) is 4.90 Å². The number of hydrogen-bond donors (Lipinski definition) is 1. The third kappa shape index (κ3) is 2.82. The fraction of sp³-hybridized carbons (Fsp3) is 0.357. The van der Waals surface area contributed by atoms with Crippen molar-refractivity contribution in [3.05, 3.63) is 35.9 Å². The molecule has 0 spiro atoms. The van der Waals surface area contributed by atoms with Gasteiger partial charge in [0.15, 0.2) is 0 Å². The monoisotopic (exact) mass is 245 g/mol. The molecular formula is C14H15NO3. The Hall–Kier alpha value is -1.99. The second kappa shape index (κ2) is 5.11. The second-order valence-electron chi connectivity index (χ2n) is 4.39. The molecule has 94 valence electrons. The lowest BCUT2D eigenvalue weighted by Crippen LogP contribution is -2.35. The number of amides is 1. The van der Waals surface area contributed by atoms with Gasteiger partial charge in [-0.1, -0.05) is 36.3 Å². The molecule has 0 aliphatic carbocycles. The zero-order valence-corrected chi connectivity index (χ0v) is 10.0. The van der Waals surface area contributed by atoms with Crippen molar-refractivity contribution in [2.24, 2.45) is 0 Å². The van der Waals surface area contributed by atoms with Crippen LogP contribution in [0.3, 0.4) is 0 Å². The fourth-order valence-electron chi connectivity index (χ4n) is 1.88. The summed E-state index contributed by atoms with van der Waals surface area (Å²) in [6.07, 6.45) is 5.17. The van der Waals surface area contributed by atoms with Gasteiger partial charge in [-0.2, -0.15) is 0 Å². The van der Waals surface area contributed by atoms with Crippen LogP contribution in [0, 0.1) is 12.3 Å². The lowest BCUT2D eigenvalue weighted by molar-refractivity contribution is 0.0821. The number of carbonyl (C=O) groups is 1. The molecule has 1 unspecified atom stereocenters. The van der Waals surface area contributed by atoms with Crippen LogP contribution in [-0.4, -0.2) is 34.8 Å². The zero-order valence-electron chi connectivity index (χ0n) is 10.0. The topological polar surface area (TPSA) is 49.8 Å². The molecular weight excluding hydrogens is 230 g/mol. The lowest BCUT2D eigenvalue weighted by atomic mass is 10.1. The summed E-state index contributed by atoms with van der Waals surface area (Å²) in [5.41, 5.74) is -0.275. The van der Waals surface area contributed by atoms with Crippen LogP contribution >= 0.6 is 0 Å². The van der Waals surface area contributed by atoms with Crippen molar-refractivity contribution >= 4 is 6.09 Å². The number of nitrogens with zero attached hydrogens (tertiary/aromatic N) is 1. The van der Waals surface area contributed by atoms with Gasteiger partial charge >= 0.3 is 6.09 Å². The number of benzene rings is 1. The zero-order chi connectivity index (χ0) is 13.0. The quantitative estimate of drug-likeness (QED) is 0.801. The standard InChI is InChI=1S/C14H15NO3/c1-2-14(17)8-9-15(11-14)13(16)18-10-12-6-4-3-5-7-12/h1,3-7,17H,8-11H2. The van der Waals surface area contributed by atoms with Crippen LogP contribution in [0.5, 0.6) is 0 Å². The molecule has 0 bridgehead atoms. The highest BCUT2D eigenvalue weighted by Crippen LogP contribution is 2.21. The number of rotatable bonds is 2.